The summed E-state index contributed by atoms with van der Waals surface area (Å²) in [6.45, 7) is 0. The van der Waals surface area contributed by atoms with Gasteiger partial charge in [0.15, 0.2) is 17.6 Å². The van der Waals surface area contributed by atoms with Gasteiger partial charge in [0.2, 0.25) is 0 Å². The molecular weight excluding hydrogens is 361 g/mol. The van der Waals surface area contributed by atoms with Crippen molar-refractivity contribution in [1.82, 2.24) is 4.98 Å². The van der Waals surface area contributed by atoms with Gasteiger partial charge in [-0.2, -0.15) is 21.6 Å². The van der Waals surface area contributed by atoms with Gasteiger partial charge in [0.25, 0.3) is 0 Å². The Hall–Kier alpha value is -2.82. The number of aromatic nitrogens is 1. The standard InChI is InChI=1S/C14H13F3N4O3S/c15-14(16,17)10-3-5-11(6-4-10)21-13(18)20-9-25(22,23)24-12-2-1-7-19-8-12/h1-8H,9H2,(H3,18,20,21). The van der Waals surface area contributed by atoms with Gasteiger partial charge in [-0.3, -0.25) is 4.98 Å². The fourth-order valence-electron chi connectivity index (χ4n) is 1.65. The lowest BCUT2D eigenvalue weighted by Gasteiger charge is -2.09. The van der Waals surface area contributed by atoms with Crippen LogP contribution in [0.1, 0.15) is 5.56 Å². The molecule has 0 bridgehead atoms. The van der Waals surface area contributed by atoms with Crippen molar-refractivity contribution in [2.45, 2.75) is 6.18 Å². The predicted molar refractivity (Wildman–Crippen MR) is 85.3 cm³/mol. The number of nitrogens with two attached hydrogens (primary N) is 1. The number of nitrogens with zero attached hydrogens (tertiary/aromatic N) is 2. The molecule has 134 valence electrons. The highest BCUT2D eigenvalue weighted by molar-refractivity contribution is 7.87. The Morgan fingerprint density at radius 1 is 1.24 bits per heavy atom. The number of hydrogen-bond donors (Lipinski definition) is 2. The predicted octanol–water partition coefficient (Wildman–Crippen LogP) is 2.19. The van der Waals surface area contributed by atoms with Crippen LogP contribution in [0, 0.1) is 0 Å². The number of pyridine rings is 1. The summed E-state index contributed by atoms with van der Waals surface area (Å²) in [6.07, 6.45) is -1.79. The molecule has 2 rings (SSSR count). The van der Waals surface area contributed by atoms with Crippen LogP contribution in [0.3, 0.4) is 0 Å². The first kappa shape index (κ1) is 18.5. The third-order valence-electron chi connectivity index (χ3n) is 2.74. The number of anilines is 1. The van der Waals surface area contributed by atoms with E-state index < -0.39 is 27.7 Å². The van der Waals surface area contributed by atoms with E-state index >= 15 is 0 Å². The lowest BCUT2D eigenvalue weighted by atomic mass is 10.2. The minimum Gasteiger partial charge on any atom is -0.379 e. The monoisotopic (exact) mass is 374 g/mol. The molecule has 0 atom stereocenters. The summed E-state index contributed by atoms with van der Waals surface area (Å²) in [7, 11) is -4.04. The zero-order valence-corrected chi connectivity index (χ0v) is 13.4. The molecule has 25 heavy (non-hydrogen) atoms. The number of guanidine groups is 1. The van der Waals surface area contributed by atoms with Gasteiger partial charge in [-0.1, -0.05) is 0 Å². The molecule has 3 N–H and O–H groups in total. The minimum atomic E-state index is -4.45. The van der Waals surface area contributed by atoms with Crippen LogP contribution in [-0.4, -0.2) is 25.2 Å². The van der Waals surface area contributed by atoms with Crippen molar-refractivity contribution in [2.24, 2.45) is 10.7 Å². The minimum absolute atomic E-state index is 0.0203. The zero-order valence-electron chi connectivity index (χ0n) is 12.6. The van der Waals surface area contributed by atoms with Crippen LogP contribution in [0.2, 0.25) is 0 Å². The average Bonchev–Trinajstić information content (AvgIpc) is 2.53. The molecule has 2 aromatic rings. The van der Waals surface area contributed by atoms with E-state index in [0.29, 0.717) is 0 Å². The Bertz CT molecular complexity index is 838. The maximum Gasteiger partial charge on any atom is 0.416 e. The summed E-state index contributed by atoms with van der Waals surface area (Å²) < 4.78 is 65.6. The molecule has 0 radical (unpaired) electrons. The quantitative estimate of drug-likeness (QED) is 0.472. The Morgan fingerprint density at radius 3 is 2.48 bits per heavy atom. The maximum absolute atomic E-state index is 12.5. The van der Waals surface area contributed by atoms with Crippen LogP contribution in [0.15, 0.2) is 53.8 Å². The van der Waals surface area contributed by atoms with E-state index in [9.17, 15) is 21.6 Å². The first-order valence-electron chi connectivity index (χ1n) is 6.72. The Kier molecular flexibility index (Phi) is 5.47. The summed E-state index contributed by atoms with van der Waals surface area (Å²) in [4.78, 5) is 7.29. The van der Waals surface area contributed by atoms with Crippen molar-refractivity contribution < 1.29 is 25.8 Å². The van der Waals surface area contributed by atoms with Crippen molar-refractivity contribution in [3.63, 3.8) is 0 Å². The van der Waals surface area contributed by atoms with E-state index in [1.165, 1.54) is 24.5 Å². The maximum atomic E-state index is 12.5. The average molecular weight is 374 g/mol. The van der Waals surface area contributed by atoms with Gasteiger partial charge >= 0.3 is 16.3 Å². The lowest BCUT2D eigenvalue weighted by molar-refractivity contribution is -0.137. The Morgan fingerprint density at radius 2 is 1.92 bits per heavy atom. The molecule has 0 saturated carbocycles. The molecule has 0 aliphatic carbocycles. The van der Waals surface area contributed by atoms with Crippen LogP contribution in [0.25, 0.3) is 0 Å². The van der Waals surface area contributed by atoms with Crippen molar-refractivity contribution in [3.8, 4) is 5.75 Å². The molecule has 1 aromatic carbocycles. The molecule has 0 fully saturated rings. The number of aliphatic imine (C=N–C) groups is 1. The van der Waals surface area contributed by atoms with Gasteiger partial charge < -0.3 is 15.2 Å². The topological polar surface area (TPSA) is 107 Å². The highest BCUT2D eigenvalue weighted by Gasteiger charge is 2.29. The molecule has 0 aliphatic heterocycles. The summed E-state index contributed by atoms with van der Waals surface area (Å²) in [6, 6.07) is 6.90. The number of nitrogens with one attached hydrogen (secondary N) is 1. The van der Waals surface area contributed by atoms with E-state index in [2.05, 4.69) is 15.3 Å². The van der Waals surface area contributed by atoms with Crippen LogP contribution in [0.4, 0.5) is 18.9 Å². The van der Waals surface area contributed by atoms with Gasteiger partial charge in [-0.15, -0.1) is 0 Å². The largest absolute Gasteiger partial charge is 0.416 e. The van der Waals surface area contributed by atoms with E-state index in [1.54, 1.807) is 0 Å². The molecule has 0 spiro atoms. The summed E-state index contributed by atoms with van der Waals surface area (Å²) in [5.74, 6) is -1.05. The Labute approximate surface area is 141 Å². The van der Waals surface area contributed by atoms with E-state index in [-0.39, 0.29) is 17.4 Å². The van der Waals surface area contributed by atoms with Gasteiger partial charge in [0.05, 0.1) is 11.8 Å². The molecule has 1 heterocycles. The van der Waals surface area contributed by atoms with Crippen LogP contribution in [0.5, 0.6) is 5.75 Å². The summed E-state index contributed by atoms with van der Waals surface area (Å²) in [5.41, 5.74) is 4.92. The van der Waals surface area contributed by atoms with E-state index in [4.69, 9.17) is 9.92 Å². The molecule has 7 nitrogen and oxygen atoms in total. The highest BCUT2D eigenvalue weighted by Crippen LogP contribution is 2.29. The third kappa shape index (κ3) is 5.95. The number of benzene rings is 1. The van der Waals surface area contributed by atoms with Gasteiger partial charge in [-0.25, -0.2) is 4.99 Å². The number of halogens is 3. The fourth-order valence-corrected chi connectivity index (χ4v) is 2.39. The van der Waals surface area contributed by atoms with Crippen LogP contribution in [-0.2, 0) is 16.3 Å². The smallest absolute Gasteiger partial charge is 0.379 e. The molecule has 0 amide bonds. The SMILES string of the molecule is NC(=NCS(=O)(=O)Oc1cccnc1)Nc1ccc(C(F)(F)F)cc1. The normalized spacial score (nSPS) is 12.7. The summed E-state index contributed by atoms with van der Waals surface area (Å²) >= 11 is 0. The van der Waals surface area contributed by atoms with Gasteiger partial charge in [-0.05, 0) is 36.4 Å². The second-order valence-corrected chi connectivity index (χ2v) is 6.24. The molecular formula is C14H13F3N4O3S. The highest BCUT2D eigenvalue weighted by atomic mass is 32.2. The van der Waals surface area contributed by atoms with Crippen molar-refractivity contribution in [3.05, 3.63) is 54.4 Å². The van der Waals surface area contributed by atoms with Crippen LogP contribution >= 0.6 is 0 Å². The molecule has 1 aromatic heterocycles. The first-order chi connectivity index (χ1) is 11.7. The van der Waals surface area contributed by atoms with E-state index in [0.717, 1.165) is 24.3 Å². The van der Waals surface area contributed by atoms with E-state index in [1.807, 2.05) is 0 Å². The molecule has 11 heteroatoms. The van der Waals surface area contributed by atoms with Crippen molar-refractivity contribution in [1.29, 1.82) is 0 Å². The second kappa shape index (κ2) is 7.38. The van der Waals surface area contributed by atoms with Gasteiger partial charge in [0.1, 0.15) is 0 Å². The number of alkyl halides is 3. The van der Waals surface area contributed by atoms with Crippen LogP contribution < -0.4 is 15.2 Å². The fraction of sp³-hybridized carbons (Fsp3) is 0.143. The zero-order chi connectivity index (χ0) is 18.5. The molecule has 0 unspecified atom stereocenters. The molecule has 0 saturated heterocycles. The van der Waals surface area contributed by atoms with Gasteiger partial charge in [0, 0.05) is 11.9 Å². The Balaban J connectivity index is 1.97. The van der Waals surface area contributed by atoms with Crippen molar-refractivity contribution in [2.75, 3.05) is 11.2 Å². The summed E-state index contributed by atoms with van der Waals surface area (Å²) in [5, 5.41) is 2.49. The first-order valence-corrected chi connectivity index (χ1v) is 8.30. The van der Waals surface area contributed by atoms with Crippen molar-refractivity contribution >= 4 is 21.8 Å². The third-order valence-corrected chi connectivity index (χ3v) is 3.63. The second-order valence-electron chi connectivity index (χ2n) is 4.70. The number of hydrogen-bond acceptors (Lipinski definition) is 5. The molecule has 0 aliphatic rings. The number of rotatable bonds is 5. The lowest BCUT2D eigenvalue weighted by Crippen LogP contribution is -2.25.